The Morgan fingerprint density at radius 1 is 1.28 bits per heavy atom. The molecule has 18 heavy (non-hydrogen) atoms. The number of aromatic nitrogens is 1. The zero-order valence-electron chi connectivity index (χ0n) is 9.56. The number of benzene rings is 1. The Labute approximate surface area is 113 Å². The zero-order chi connectivity index (χ0) is 13.1. The van der Waals surface area contributed by atoms with E-state index in [-0.39, 0.29) is 12.2 Å². The van der Waals surface area contributed by atoms with Crippen LogP contribution < -0.4 is 11.5 Å². The van der Waals surface area contributed by atoms with Crippen LogP contribution in [0.3, 0.4) is 0 Å². The van der Waals surface area contributed by atoms with Crippen molar-refractivity contribution in [2.45, 2.75) is 6.42 Å². The van der Waals surface area contributed by atoms with Crippen molar-refractivity contribution in [3.63, 3.8) is 0 Å². The molecule has 1 aromatic carbocycles. The van der Waals surface area contributed by atoms with Crippen LogP contribution in [0, 0.1) is 0 Å². The fourth-order valence-electron chi connectivity index (χ4n) is 1.63. The van der Waals surface area contributed by atoms with Gasteiger partial charge in [0.1, 0.15) is 0 Å². The van der Waals surface area contributed by atoms with Crippen molar-refractivity contribution in [2.24, 2.45) is 0 Å². The van der Waals surface area contributed by atoms with Crippen LogP contribution in [0.5, 0.6) is 0 Å². The van der Waals surface area contributed by atoms with Gasteiger partial charge in [-0.25, -0.2) is 0 Å². The number of nitrogens with two attached hydrogens (primary N) is 2. The maximum Gasteiger partial charge on any atom is 0.167 e. The lowest BCUT2D eigenvalue weighted by Crippen LogP contribution is -2.07. The standard InChI is InChI=1S/C13H12BrN3O/c14-10-3-8(4-11(15)6-10)13(18)5-9-7-17-2-1-12(9)16/h1-4,6-7H,5,15H2,(H2,16,17). The molecular weight excluding hydrogens is 294 g/mol. The Morgan fingerprint density at radius 3 is 2.72 bits per heavy atom. The monoisotopic (exact) mass is 305 g/mol. The molecule has 0 bridgehead atoms. The molecular formula is C13H12BrN3O. The number of carbonyl (C=O) groups is 1. The Hall–Kier alpha value is -1.88. The molecule has 1 aromatic heterocycles. The van der Waals surface area contributed by atoms with E-state index < -0.39 is 0 Å². The Morgan fingerprint density at radius 2 is 2.06 bits per heavy atom. The molecule has 0 unspecified atom stereocenters. The molecule has 4 nitrogen and oxygen atoms in total. The summed E-state index contributed by atoms with van der Waals surface area (Å²) in [5.74, 6) is -0.0392. The number of nitrogens with zero attached hydrogens (tertiary/aromatic N) is 1. The molecule has 0 spiro atoms. The molecule has 92 valence electrons. The third-order valence-electron chi connectivity index (χ3n) is 2.53. The smallest absolute Gasteiger partial charge is 0.167 e. The number of carbonyl (C=O) groups excluding carboxylic acids is 1. The zero-order valence-corrected chi connectivity index (χ0v) is 11.1. The third-order valence-corrected chi connectivity index (χ3v) is 2.99. The number of pyridine rings is 1. The van der Waals surface area contributed by atoms with Crippen molar-refractivity contribution < 1.29 is 4.79 Å². The highest BCUT2D eigenvalue weighted by atomic mass is 79.9. The highest BCUT2D eigenvalue weighted by Crippen LogP contribution is 2.19. The first kappa shape index (κ1) is 12.6. The molecule has 0 amide bonds. The van der Waals surface area contributed by atoms with Crippen LogP contribution >= 0.6 is 15.9 Å². The molecule has 0 aliphatic carbocycles. The molecule has 4 N–H and O–H groups in total. The molecule has 0 fully saturated rings. The second kappa shape index (κ2) is 5.18. The predicted molar refractivity (Wildman–Crippen MR) is 75.2 cm³/mol. The van der Waals surface area contributed by atoms with Crippen molar-refractivity contribution in [1.82, 2.24) is 4.98 Å². The quantitative estimate of drug-likeness (QED) is 0.674. The summed E-state index contributed by atoms with van der Waals surface area (Å²) in [5, 5.41) is 0. The van der Waals surface area contributed by atoms with E-state index in [4.69, 9.17) is 11.5 Å². The highest BCUT2D eigenvalue weighted by molar-refractivity contribution is 9.10. The molecule has 0 aliphatic rings. The van der Waals surface area contributed by atoms with Crippen LogP contribution in [0.15, 0.2) is 41.1 Å². The number of Topliss-reactive ketones (excluding diaryl/α,β-unsaturated/α-hetero) is 1. The molecule has 1 heterocycles. The topological polar surface area (TPSA) is 82.0 Å². The fraction of sp³-hybridized carbons (Fsp3) is 0.0769. The average Bonchev–Trinajstić information content (AvgIpc) is 2.31. The van der Waals surface area contributed by atoms with Gasteiger partial charge in [-0.05, 0) is 24.3 Å². The van der Waals surface area contributed by atoms with Crippen molar-refractivity contribution in [1.29, 1.82) is 0 Å². The lowest BCUT2D eigenvalue weighted by molar-refractivity contribution is 0.0993. The molecule has 2 rings (SSSR count). The Balaban J connectivity index is 2.25. The van der Waals surface area contributed by atoms with E-state index in [1.54, 1.807) is 36.7 Å². The van der Waals surface area contributed by atoms with E-state index in [1.807, 2.05) is 0 Å². The number of nitrogen functional groups attached to an aromatic ring is 2. The summed E-state index contributed by atoms with van der Waals surface area (Å²) < 4.78 is 0.782. The number of anilines is 2. The van der Waals surface area contributed by atoms with Gasteiger partial charge >= 0.3 is 0 Å². The maximum atomic E-state index is 12.1. The summed E-state index contributed by atoms with van der Waals surface area (Å²) in [6.07, 6.45) is 3.42. The molecule has 0 atom stereocenters. The van der Waals surface area contributed by atoms with E-state index in [9.17, 15) is 4.79 Å². The predicted octanol–water partition coefficient (Wildman–Crippen LogP) is 2.43. The minimum absolute atomic E-state index is 0.0392. The molecule has 0 radical (unpaired) electrons. The van der Waals surface area contributed by atoms with Gasteiger partial charge in [-0.1, -0.05) is 15.9 Å². The van der Waals surface area contributed by atoms with Crippen LogP contribution in [-0.4, -0.2) is 10.8 Å². The summed E-state index contributed by atoms with van der Waals surface area (Å²) in [6, 6.07) is 6.82. The largest absolute Gasteiger partial charge is 0.399 e. The Kier molecular flexibility index (Phi) is 3.62. The fourth-order valence-corrected chi connectivity index (χ4v) is 2.14. The number of rotatable bonds is 3. The van der Waals surface area contributed by atoms with Crippen molar-refractivity contribution in [3.05, 3.63) is 52.3 Å². The van der Waals surface area contributed by atoms with Gasteiger partial charge in [-0.15, -0.1) is 0 Å². The third kappa shape index (κ3) is 2.87. The lowest BCUT2D eigenvalue weighted by atomic mass is 10.0. The second-order valence-electron chi connectivity index (χ2n) is 3.95. The van der Waals surface area contributed by atoms with Crippen molar-refractivity contribution in [2.75, 3.05) is 11.5 Å². The van der Waals surface area contributed by atoms with Gasteiger partial charge in [-0.2, -0.15) is 0 Å². The summed E-state index contributed by atoms with van der Waals surface area (Å²) >= 11 is 3.31. The average molecular weight is 306 g/mol. The van der Waals surface area contributed by atoms with Crippen molar-refractivity contribution >= 4 is 33.1 Å². The normalized spacial score (nSPS) is 10.3. The van der Waals surface area contributed by atoms with E-state index in [2.05, 4.69) is 20.9 Å². The minimum atomic E-state index is -0.0392. The van der Waals surface area contributed by atoms with Crippen LogP contribution in [0.25, 0.3) is 0 Å². The first-order valence-electron chi connectivity index (χ1n) is 5.34. The molecule has 0 aliphatic heterocycles. The Bertz CT molecular complexity index is 578. The van der Waals surface area contributed by atoms with Crippen LogP contribution in [0.4, 0.5) is 11.4 Å². The first-order valence-corrected chi connectivity index (χ1v) is 6.13. The summed E-state index contributed by atoms with van der Waals surface area (Å²) in [5.41, 5.74) is 13.9. The number of hydrogen-bond acceptors (Lipinski definition) is 4. The van der Waals surface area contributed by atoms with Crippen molar-refractivity contribution in [3.8, 4) is 0 Å². The highest BCUT2D eigenvalue weighted by Gasteiger charge is 2.10. The number of hydrogen-bond donors (Lipinski definition) is 2. The summed E-state index contributed by atoms with van der Waals surface area (Å²) in [6.45, 7) is 0. The maximum absolute atomic E-state index is 12.1. The van der Waals surface area contributed by atoms with E-state index in [0.717, 1.165) is 10.0 Å². The van der Waals surface area contributed by atoms with E-state index >= 15 is 0 Å². The minimum Gasteiger partial charge on any atom is -0.399 e. The van der Waals surface area contributed by atoms with Crippen LogP contribution in [-0.2, 0) is 6.42 Å². The van der Waals surface area contributed by atoms with E-state index in [1.165, 1.54) is 0 Å². The molecule has 0 saturated carbocycles. The number of halogens is 1. The lowest BCUT2D eigenvalue weighted by Gasteiger charge is -2.05. The van der Waals surface area contributed by atoms with Crippen LogP contribution in [0.2, 0.25) is 0 Å². The van der Waals surface area contributed by atoms with E-state index in [0.29, 0.717) is 16.9 Å². The van der Waals surface area contributed by atoms with Gasteiger partial charge in [0.25, 0.3) is 0 Å². The van der Waals surface area contributed by atoms with Gasteiger partial charge in [0.2, 0.25) is 0 Å². The summed E-state index contributed by atoms with van der Waals surface area (Å²) in [4.78, 5) is 16.1. The number of ketones is 1. The van der Waals surface area contributed by atoms with Gasteiger partial charge in [0.05, 0.1) is 0 Å². The van der Waals surface area contributed by atoms with Gasteiger partial charge in [-0.3, -0.25) is 9.78 Å². The van der Waals surface area contributed by atoms with Gasteiger partial charge in [0, 0.05) is 45.8 Å². The van der Waals surface area contributed by atoms with Crippen LogP contribution in [0.1, 0.15) is 15.9 Å². The first-order chi connectivity index (χ1) is 8.56. The van der Waals surface area contributed by atoms with Gasteiger partial charge < -0.3 is 11.5 Å². The molecule has 2 aromatic rings. The molecule has 5 heteroatoms. The summed E-state index contributed by atoms with van der Waals surface area (Å²) in [7, 11) is 0. The second-order valence-corrected chi connectivity index (χ2v) is 4.86. The SMILES string of the molecule is Nc1cc(Br)cc(C(=O)Cc2cnccc2N)c1. The van der Waals surface area contributed by atoms with Gasteiger partial charge in [0.15, 0.2) is 5.78 Å². The molecule has 0 saturated heterocycles.